The van der Waals surface area contributed by atoms with Gasteiger partial charge in [-0.05, 0) is 73.1 Å². The third kappa shape index (κ3) is 5.31. The number of hydrogen-bond donors (Lipinski definition) is 0. The molecule has 0 saturated carbocycles. The van der Waals surface area contributed by atoms with Gasteiger partial charge in [0.2, 0.25) is 6.79 Å². The van der Waals surface area contributed by atoms with Crippen molar-refractivity contribution in [3.8, 4) is 28.4 Å². The molecule has 1 amide bonds. The van der Waals surface area contributed by atoms with Crippen LogP contribution in [0.1, 0.15) is 24.8 Å². The molecule has 2 aliphatic rings. The van der Waals surface area contributed by atoms with Crippen LogP contribution >= 0.6 is 11.6 Å². The summed E-state index contributed by atoms with van der Waals surface area (Å²) < 4.78 is 16.8. The fraction of sp³-hybridized carbons (Fsp3) is 0.321. The van der Waals surface area contributed by atoms with Gasteiger partial charge in [-0.25, -0.2) is 0 Å². The van der Waals surface area contributed by atoms with Crippen LogP contribution in [0.2, 0.25) is 5.02 Å². The van der Waals surface area contributed by atoms with E-state index in [0.717, 1.165) is 61.4 Å². The van der Waals surface area contributed by atoms with E-state index < -0.39 is 0 Å². The summed E-state index contributed by atoms with van der Waals surface area (Å²) in [4.78, 5) is 14.8. The molecule has 6 heteroatoms. The fourth-order valence-electron chi connectivity index (χ4n) is 4.66. The van der Waals surface area contributed by atoms with Gasteiger partial charge in [-0.3, -0.25) is 4.79 Å². The van der Waals surface area contributed by atoms with E-state index in [0.29, 0.717) is 23.5 Å². The van der Waals surface area contributed by atoms with E-state index in [1.807, 2.05) is 59.5 Å². The van der Waals surface area contributed by atoms with E-state index in [1.165, 1.54) is 5.56 Å². The number of benzene rings is 3. The van der Waals surface area contributed by atoms with Crippen molar-refractivity contribution < 1.29 is 19.0 Å². The lowest BCUT2D eigenvalue weighted by molar-refractivity contribution is -0.134. The molecule has 0 unspecified atom stereocenters. The highest BCUT2D eigenvalue weighted by molar-refractivity contribution is 6.30. The van der Waals surface area contributed by atoms with Gasteiger partial charge in [-0.15, -0.1) is 0 Å². The molecule has 5 rings (SSSR count). The number of carbonyl (C=O) groups excluding carboxylic acids is 1. The quantitative estimate of drug-likeness (QED) is 0.419. The molecular weight excluding hydrogens is 450 g/mol. The van der Waals surface area contributed by atoms with Gasteiger partial charge < -0.3 is 19.1 Å². The number of ether oxygens (including phenoxy) is 3. The Morgan fingerprint density at radius 3 is 2.65 bits per heavy atom. The monoisotopic (exact) mass is 477 g/mol. The van der Waals surface area contributed by atoms with Crippen molar-refractivity contribution in [3.05, 3.63) is 77.3 Å². The first-order valence-corrected chi connectivity index (χ1v) is 12.2. The highest BCUT2D eigenvalue weighted by Gasteiger charge is 2.23. The molecule has 0 aromatic heterocycles. The number of hydrogen-bond acceptors (Lipinski definition) is 4. The van der Waals surface area contributed by atoms with Crippen LogP contribution in [0.15, 0.2) is 66.7 Å². The molecule has 0 atom stereocenters. The molecule has 2 aliphatic heterocycles. The lowest BCUT2D eigenvalue weighted by atomic mass is 9.90. The molecule has 0 spiro atoms. The summed E-state index contributed by atoms with van der Waals surface area (Å²) >= 11 is 6.16. The second-order valence-corrected chi connectivity index (χ2v) is 9.28. The Kier molecular flexibility index (Phi) is 6.91. The Hall–Kier alpha value is -3.18. The molecular formula is C28H28ClNO4. The Balaban J connectivity index is 1.10. The third-order valence-corrected chi connectivity index (χ3v) is 6.85. The van der Waals surface area contributed by atoms with Crippen LogP contribution in [0, 0.1) is 5.92 Å². The molecule has 3 aromatic rings. The second kappa shape index (κ2) is 10.4. The predicted octanol–water partition coefficient (Wildman–Crippen LogP) is 5.99. The number of carbonyl (C=O) groups is 1. The van der Waals surface area contributed by atoms with Gasteiger partial charge in [0.25, 0.3) is 5.91 Å². The lowest BCUT2D eigenvalue weighted by Crippen LogP contribution is -2.41. The summed E-state index contributed by atoms with van der Waals surface area (Å²) in [5.41, 5.74) is 3.17. The zero-order chi connectivity index (χ0) is 23.3. The van der Waals surface area contributed by atoms with E-state index in [2.05, 4.69) is 12.1 Å². The van der Waals surface area contributed by atoms with Crippen LogP contribution in [0.3, 0.4) is 0 Å². The van der Waals surface area contributed by atoms with Gasteiger partial charge in [0.1, 0.15) is 5.75 Å². The lowest BCUT2D eigenvalue weighted by Gasteiger charge is -2.32. The first kappa shape index (κ1) is 22.6. The summed E-state index contributed by atoms with van der Waals surface area (Å²) in [5, 5.41) is 0.671. The first-order chi connectivity index (χ1) is 16.7. The highest BCUT2D eigenvalue weighted by atomic mass is 35.5. The molecule has 5 nitrogen and oxygen atoms in total. The minimum Gasteiger partial charge on any atom is -0.483 e. The number of rotatable bonds is 7. The number of piperidine rings is 1. The van der Waals surface area contributed by atoms with Crippen molar-refractivity contribution in [2.24, 2.45) is 5.92 Å². The van der Waals surface area contributed by atoms with Crippen LogP contribution in [0.5, 0.6) is 17.2 Å². The van der Waals surface area contributed by atoms with Crippen molar-refractivity contribution in [2.45, 2.75) is 25.7 Å². The van der Waals surface area contributed by atoms with E-state index in [-0.39, 0.29) is 12.5 Å². The summed E-state index contributed by atoms with van der Waals surface area (Å²) in [6.07, 6.45) is 4.18. The number of fused-ring (bicyclic) bond motifs is 1. The minimum absolute atomic E-state index is 0.0371. The molecule has 1 saturated heterocycles. The van der Waals surface area contributed by atoms with Gasteiger partial charge in [0.05, 0.1) is 0 Å². The van der Waals surface area contributed by atoms with Crippen molar-refractivity contribution in [3.63, 3.8) is 0 Å². The number of nitrogens with zero attached hydrogens (tertiary/aromatic N) is 1. The molecule has 0 bridgehead atoms. The molecule has 3 aromatic carbocycles. The Morgan fingerprint density at radius 1 is 0.971 bits per heavy atom. The van der Waals surface area contributed by atoms with E-state index in [4.69, 9.17) is 25.8 Å². The predicted molar refractivity (Wildman–Crippen MR) is 133 cm³/mol. The smallest absolute Gasteiger partial charge is 0.260 e. The Bertz CT molecular complexity index is 1160. The topological polar surface area (TPSA) is 48.0 Å². The highest BCUT2D eigenvalue weighted by Crippen LogP contribution is 2.34. The molecule has 0 radical (unpaired) electrons. The SMILES string of the molecule is O=C(COc1ccccc1-c1cccc(Cl)c1)N1CCC(CCc2ccc3c(c2)OCO3)CC1. The van der Waals surface area contributed by atoms with Gasteiger partial charge in [-0.2, -0.15) is 0 Å². The van der Waals surface area contributed by atoms with Gasteiger partial charge >= 0.3 is 0 Å². The number of para-hydroxylation sites is 1. The van der Waals surface area contributed by atoms with E-state index in [9.17, 15) is 4.79 Å². The maximum absolute atomic E-state index is 12.8. The van der Waals surface area contributed by atoms with Crippen LogP contribution in [0.4, 0.5) is 0 Å². The van der Waals surface area contributed by atoms with E-state index >= 15 is 0 Å². The van der Waals surface area contributed by atoms with E-state index in [1.54, 1.807) is 0 Å². The van der Waals surface area contributed by atoms with Crippen LogP contribution in [0.25, 0.3) is 11.1 Å². The zero-order valence-corrected chi connectivity index (χ0v) is 19.8. The first-order valence-electron chi connectivity index (χ1n) is 11.8. The number of aryl methyl sites for hydroxylation is 1. The molecule has 2 heterocycles. The standard InChI is InChI=1S/C28H28ClNO4/c29-23-5-3-4-22(17-23)24-6-1-2-7-25(24)32-18-28(31)30-14-12-20(13-15-30)8-9-21-10-11-26-27(16-21)34-19-33-26/h1-7,10-11,16-17,20H,8-9,12-15,18-19H2. The van der Waals surface area contributed by atoms with Crippen molar-refractivity contribution in [2.75, 3.05) is 26.5 Å². The van der Waals surface area contributed by atoms with Gasteiger partial charge in [-0.1, -0.05) is 48.0 Å². The maximum atomic E-state index is 12.8. The maximum Gasteiger partial charge on any atom is 0.260 e. The second-order valence-electron chi connectivity index (χ2n) is 8.85. The summed E-state index contributed by atoms with van der Waals surface area (Å²) in [6.45, 7) is 1.91. The van der Waals surface area contributed by atoms with Crippen molar-refractivity contribution in [1.82, 2.24) is 4.90 Å². The largest absolute Gasteiger partial charge is 0.483 e. The summed E-state index contributed by atoms with van der Waals surface area (Å²) in [6, 6.07) is 21.6. The molecule has 34 heavy (non-hydrogen) atoms. The minimum atomic E-state index is 0.0371. The fourth-order valence-corrected chi connectivity index (χ4v) is 4.85. The van der Waals surface area contributed by atoms with Gasteiger partial charge in [0.15, 0.2) is 18.1 Å². The van der Waals surface area contributed by atoms with Crippen LogP contribution in [-0.4, -0.2) is 37.3 Å². The van der Waals surface area contributed by atoms with Crippen molar-refractivity contribution >= 4 is 17.5 Å². The van der Waals surface area contributed by atoms with Crippen LogP contribution in [-0.2, 0) is 11.2 Å². The number of likely N-dealkylation sites (tertiary alicyclic amines) is 1. The number of amides is 1. The average Bonchev–Trinajstić information content (AvgIpc) is 3.34. The number of halogens is 1. The average molecular weight is 478 g/mol. The van der Waals surface area contributed by atoms with Gasteiger partial charge in [0, 0.05) is 23.7 Å². The van der Waals surface area contributed by atoms with Crippen LogP contribution < -0.4 is 14.2 Å². The normalized spacial score (nSPS) is 15.4. The molecule has 0 aliphatic carbocycles. The Morgan fingerprint density at radius 2 is 1.79 bits per heavy atom. The van der Waals surface area contributed by atoms with Crippen molar-refractivity contribution in [1.29, 1.82) is 0 Å². The molecule has 1 fully saturated rings. The molecule has 0 N–H and O–H groups in total. The summed E-state index contributed by atoms with van der Waals surface area (Å²) in [7, 11) is 0. The summed E-state index contributed by atoms with van der Waals surface area (Å²) in [5.74, 6) is 3.02. The third-order valence-electron chi connectivity index (χ3n) is 6.62. The zero-order valence-electron chi connectivity index (χ0n) is 19.0. The Labute approximate surface area is 205 Å². The molecule has 176 valence electrons.